The van der Waals surface area contributed by atoms with E-state index in [1.807, 2.05) is 54.6 Å². The molecule has 0 aliphatic rings. The third kappa shape index (κ3) is 5.00. The lowest BCUT2D eigenvalue weighted by molar-refractivity contribution is 0.0929. The maximum atomic E-state index is 12.4. The summed E-state index contributed by atoms with van der Waals surface area (Å²) in [6, 6.07) is 27.3. The Morgan fingerprint density at radius 2 is 1.77 bits per heavy atom. The Labute approximate surface area is 215 Å². The molecule has 1 amide bonds. The summed E-state index contributed by atoms with van der Waals surface area (Å²) in [6.45, 7) is 0.411. The van der Waals surface area contributed by atoms with E-state index in [0.717, 1.165) is 25.5 Å². The second-order valence-electron chi connectivity index (χ2n) is 7.81. The second kappa shape index (κ2) is 10.2. The highest BCUT2D eigenvalue weighted by Gasteiger charge is 2.13. The molecule has 35 heavy (non-hydrogen) atoms. The average Bonchev–Trinajstić information content (AvgIpc) is 3.32. The summed E-state index contributed by atoms with van der Waals surface area (Å²) in [5.74, 6) is 1.02. The van der Waals surface area contributed by atoms with E-state index in [4.69, 9.17) is 13.9 Å². The monoisotopic (exact) mass is 576 g/mol. The fourth-order valence-electron chi connectivity index (χ4n) is 3.84. The van der Waals surface area contributed by atoms with Gasteiger partial charge in [0, 0.05) is 5.39 Å². The van der Waals surface area contributed by atoms with Crippen molar-refractivity contribution in [2.24, 2.45) is 5.10 Å². The lowest BCUT2D eigenvalue weighted by Gasteiger charge is -2.14. The van der Waals surface area contributed by atoms with Crippen LogP contribution >= 0.6 is 22.6 Å². The molecule has 0 bridgehead atoms. The Bertz CT molecular complexity index is 1520. The molecule has 1 N–H and O–H groups in total. The zero-order valence-corrected chi connectivity index (χ0v) is 21.0. The summed E-state index contributed by atoms with van der Waals surface area (Å²) >= 11 is 2.21. The van der Waals surface area contributed by atoms with Crippen LogP contribution < -0.4 is 14.9 Å². The summed E-state index contributed by atoms with van der Waals surface area (Å²) in [5, 5.41) is 7.27. The number of amides is 1. The molecule has 0 saturated heterocycles. The lowest BCUT2D eigenvalue weighted by Crippen LogP contribution is -2.16. The van der Waals surface area contributed by atoms with E-state index in [1.54, 1.807) is 19.4 Å². The molecular weight excluding hydrogens is 555 g/mol. The van der Waals surface area contributed by atoms with Gasteiger partial charge >= 0.3 is 5.91 Å². The van der Waals surface area contributed by atoms with Crippen LogP contribution in [-0.2, 0) is 6.61 Å². The van der Waals surface area contributed by atoms with Crippen molar-refractivity contribution in [2.75, 3.05) is 7.11 Å². The van der Waals surface area contributed by atoms with E-state index < -0.39 is 5.91 Å². The smallest absolute Gasteiger partial charge is 0.307 e. The van der Waals surface area contributed by atoms with Crippen LogP contribution in [0.25, 0.3) is 21.7 Å². The zero-order chi connectivity index (χ0) is 24.2. The number of ether oxygens (including phenoxy) is 2. The quantitative estimate of drug-likeness (QED) is 0.136. The number of nitrogens with one attached hydrogen (secondary N) is 1. The summed E-state index contributed by atoms with van der Waals surface area (Å²) in [5.41, 5.74) is 5.01. The maximum absolute atomic E-state index is 12.4. The van der Waals surface area contributed by atoms with Crippen molar-refractivity contribution in [3.63, 3.8) is 0 Å². The highest BCUT2D eigenvalue weighted by atomic mass is 127. The SMILES string of the molecule is COc1cc(/C=N/NC(=O)c2cc3ccccc3o2)cc(I)c1OCc1cccc2ccccc12. The number of hydrogen-bond donors (Lipinski definition) is 1. The lowest BCUT2D eigenvalue weighted by atomic mass is 10.1. The van der Waals surface area contributed by atoms with Crippen LogP contribution in [-0.4, -0.2) is 19.2 Å². The van der Waals surface area contributed by atoms with Gasteiger partial charge in [-0.1, -0.05) is 60.7 Å². The Morgan fingerprint density at radius 1 is 1.00 bits per heavy atom. The summed E-state index contributed by atoms with van der Waals surface area (Å²) in [4.78, 5) is 12.4. The summed E-state index contributed by atoms with van der Waals surface area (Å²) in [6.07, 6.45) is 1.56. The van der Waals surface area contributed by atoms with Gasteiger partial charge in [0.1, 0.15) is 12.2 Å². The van der Waals surface area contributed by atoms with Crippen molar-refractivity contribution in [1.29, 1.82) is 0 Å². The van der Waals surface area contributed by atoms with Crippen molar-refractivity contribution in [2.45, 2.75) is 6.61 Å². The molecule has 0 aliphatic heterocycles. The van der Waals surface area contributed by atoms with Crippen molar-refractivity contribution in [3.05, 3.63) is 105 Å². The number of fused-ring (bicyclic) bond motifs is 2. The molecule has 6 nitrogen and oxygen atoms in total. The van der Waals surface area contributed by atoms with Gasteiger partial charge in [-0.25, -0.2) is 5.43 Å². The van der Waals surface area contributed by atoms with E-state index in [-0.39, 0.29) is 5.76 Å². The summed E-state index contributed by atoms with van der Waals surface area (Å²) < 4.78 is 18.2. The summed E-state index contributed by atoms with van der Waals surface area (Å²) in [7, 11) is 1.60. The predicted molar refractivity (Wildman–Crippen MR) is 145 cm³/mol. The van der Waals surface area contributed by atoms with E-state index in [0.29, 0.717) is 23.7 Å². The molecule has 0 aliphatic carbocycles. The van der Waals surface area contributed by atoms with Crippen LogP contribution in [0.2, 0.25) is 0 Å². The normalized spacial score (nSPS) is 11.3. The number of hydrogen-bond acceptors (Lipinski definition) is 5. The number of carbonyl (C=O) groups is 1. The number of hydrazone groups is 1. The molecule has 1 aromatic heterocycles. The number of nitrogens with zero attached hydrogens (tertiary/aromatic N) is 1. The number of rotatable bonds is 7. The predicted octanol–water partition coefficient (Wildman–Crippen LogP) is 6.54. The van der Waals surface area contributed by atoms with Crippen LogP contribution in [0.4, 0.5) is 0 Å². The minimum Gasteiger partial charge on any atom is -0.493 e. The fourth-order valence-corrected chi connectivity index (χ4v) is 4.62. The Morgan fingerprint density at radius 3 is 2.60 bits per heavy atom. The number of furan rings is 1. The fraction of sp³-hybridized carbons (Fsp3) is 0.0714. The van der Waals surface area contributed by atoms with Gasteiger partial charge in [0.25, 0.3) is 0 Å². The number of carbonyl (C=O) groups excluding carboxylic acids is 1. The number of methoxy groups -OCH3 is 1. The first kappa shape index (κ1) is 22.9. The molecule has 1 heterocycles. The third-order valence-electron chi connectivity index (χ3n) is 5.53. The molecule has 0 spiro atoms. The maximum Gasteiger partial charge on any atom is 0.307 e. The molecule has 0 atom stereocenters. The second-order valence-corrected chi connectivity index (χ2v) is 8.97. The van der Waals surface area contributed by atoms with Gasteiger partial charge in [-0.3, -0.25) is 4.79 Å². The average molecular weight is 576 g/mol. The molecule has 0 saturated carbocycles. The van der Waals surface area contributed by atoms with Crippen LogP contribution in [0.1, 0.15) is 21.7 Å². The van der Waals surface area contributed by atoms with Gasteiger partial charge in [-0.15, -0.1) is 0 Å². The number of para-hydroxylation sites is 1. The molecule has 5 aromatic rings. The van der Waals surface area contributed by atoms with Crippen LogP contribution in [0.3, 0.4) is 0 Å². The highest BCUT2D eigenvalue weighted by molar-refractivity contribution is 14.1. The Kier molecular flexibility index (Phi) is 6.67. The molecule has 174 valence electrons. The molecule has 7 heteroatoms. The Balaban J connectivity index is 1.29. The third-order valence-corrected chi connectivity index (χ3v) is 6.33. The van der Waals surface area contributed by atoms with Gasteiger partial charge in [-0.05, 0) is 68.8 Å². The standard InChI is InChI=1S/C28H21IN2O4/c1-33-25-14-18(16-30-31-28(32)26-15-20-8-3-5-12-24(20)35-26)13-23(29)27(25)34-17-21-10-6-9-19-7-2-4-11-22(19)21/h2-16H,17H2,1H3,(H,31,32)/b30-16+. The van der Waals surface area contributed by atoms with Crippen molar-refractivity contribution in [1.82, 2.24) is 5.43 Å². The zero-order valence-electron chi connectivity index (χ0n) is 18.8. The highest BCUT2D eigenvalue weighted by Crippen LogP contribution is 2.34. The van der Waals surface area contributed by atoms with Gasteiger partial charge < -0.3 is 13.9 Å². The number of benzene rings is 4. The topological polar surface area (TPSA) is 73.1 Å². The number of halogens is 1. The van der Waals surface area contributed by atoms with Crippen LogP contribution in [0, 0.1) is 3.57 Å². The van der Waals surface area contributed by atoms with Crippen LogP contribution in [0.5, 0.6) is 11.5 Å². The largest absolute Gasteiger partial charge is 0.493 e. The van der Waals surface area contributed by atoms with Gasteiger partial charge in [0.15, 0.2) is 17.3 Å². The first-order chi connectivity index (χ1) is 17.1. The molecule has 0 radical (unpaired) electrons. The minimum atomic E-state index is -0.422. The Hall–Kier alpha value is -3.85. The molecule has 5 rings (SSSR count). The van der Waals surface area contributed by atoms with E-state index in [9.17, 15) is 4.79 Å². The van der Waals surface area contributed by atoms with Crippen molar-refractivity contribution in [3.8, 4) is 11.5 Å². The van der Waals surface area contributed by atoms with Gasteiger partial charge in [-0.2, -0.15) is 5.10 Å². The molecule has 0 fully saturated rings. The van der Waals surface area contributed by atoms with Crippen LogP contribution in [0.15, 0.2) is 94.4 Å². The minimum absolute atomic E-state index is 0.202. The van der Waals surface area contributed by atoms with Gasteiger partial charge in [0.2, 0.25) is 0 Å². The molecule has 0 unspecified atom stereocenters. The van der Waals surface area contributed by atoms with Gasteiger partial charge in [0.05, 0.1) is 16.9 Å². The molecular formula is C28H21IN2O4. The molecule has 4 aromatic carbocycles. The van der Waals surface area contributed by atoms with Crippen molar-refractivity contribution < 1.29 is 18.7 Å². The van der Waals surface area contributed by atoms with E-state index in [1.165, 1.54) is 5.39 Å². The first-order valence-corrected chi connectivity index (χ1v) is 12.0. The first-order valence-electron chi connectivity index (χ1n) is 10.9. The van der Waals surface area contributed by atoms with Crippen molar-refractivity contribution >= 4 is 56.5 Å². The van der Waals surface area contributed by atoms with E-state index >= 15 is 0 Å². The van der Waals surface area contributed by atoms with E-state index in [2.05, 4.69) is 57.4 Å².